The van der Waals surface area contributed by atoms with Gasteiger partial charge in [-0.2, -0.15) is 0 Å². The van der Waals surface area contributed by atoms with Crippen LogP contribution in [0.3, 0.4) is 0 Å². The molecule has 0 heterocycles. The van der Waals surface area contributed by atoms with Crippen molar-refractivity contribution in [2.75, 3.05) is 0 Å². The monoisotopic (exact) mass is 244 g/mol. The van der Waals surface area contributed by atoms with E-state index in [1.165, 1.54) is 0 Å². The van der Waals surface area contributed by atoms with Gasteiger partial charge in [-0.25, -0.2) is 0 Å². The highest BCUT2D eigenvalue weighted by Gasteiger charge is 1.99. The minimum Gasteiger partial charge on any atom is -0.508 e. The topological polar surface area (TPSA) is 20.2 Å². The van der Waals surface area contributed by atoms with Crippen LogP contribution in [-0.4, -0.2) is 5.11 Å². The van der Waals surface area contributed by atoms with Crippen LogP contribution in [0.15, 0.2) is 34.5 Å². The Morgan fingerprint density at radius 3 is 2.54 bits per heavy atom. The Hall–Kier alpha value is -0.500. The molecule has 1 N–H and O–H groups in total. The number of hydrogen-bond acceptors (Lipinski definition) is 1. The Balaban J connectivity index is 4.41. The molecule has 0 atom stereocenters. The minimum atomic E-state index is 0.298. The lowest BCUT2D eigenvalue weighted by atomic mass is 10.1. The number of aliphatic hydroxyl groups is 1. The van der Waals surface area contributed by atoms with Gasteiger partial charge in [0.1, 0.15) is 5.76 Å². The Bertz CT molecular complexity index is 226. The number of allylic oxidation sites excluding steroid dienone is 4. The van der Waals surface area contributed by atoms with Crippen molar-refractivity contribution in [1.82, 2.24) is 0 Å². The van der Waals surface area contributed by atoms with Crippen LogP contribution in [0, 0.1) is 0 Å². The van der Waals surface area contributed by atoms with Gasteiger partial charge in [-0.3, -0.25) is 0 Å². The van der Waals surface area contributed by atoms with Gasteiger partial charge in [-0.15, -0.1) is 0 Å². The van der Waals surface area contributed by atoms with E-state index in [0.29, 0.717) is 5.76 Å². The van der Waals surface area contributed by atoms with Gasteiger partial charge in [-0.1, -0.05) is 35.9 Å². The molecule has 0 unspecified atom stereocenters. The van der Waals surface area contributed by atoms with E-state index in [4.69, 9.17) is 0 Å². The summed E-state index contributed by atoms with van der Waals surface area (Å²) in [7, 11) is 0. The molecular formula is C11H17BrO. The lowest BCUT2D eigenvalue weighted by Crippen LogP contribution is -1.85. The van der Waals surface area contributed by atoms with Gasteiger partial charge in [0.05, 0.1) is 0 Å². The first kappa shape index (κ1) is 12.5. The maximum absolute atomic E-state index is 9.30. The summed E-state index contributed by atoms with van der Waals surface area (Å²) in [6.45, 7) is 7.75. The molecule has 0 amide bonds. The SMILES string of the molecule is C=C(Br)/C(=C\C(O)=C/C)CCCC. The van der Waals surface area contributed by atoms with Crippen molar-refractivity contribution in [1.29, 1.82) is 0 Å². The van der Waals surface area contributed by atoms with E-state index in [1.54, 1.807) is 19.1 Å². The number of rotatable bonds is 5. The molecule has 2 heteroatoms. The Morgan fingerprint density at radius 2 is 2.15 bits per heavy atom. The average molecular weight is 245 g/mol. The predicted molar refractivity (Wildman–Crippen MR) is 62.1 cm³/mol. The molecule has 0 saturated carbocycles. The molecule has 0 aromatic carbocycles. The van der Waals surface area contributed by atoms with E-state index in [2.05, 4.69) is 29.4 Å². The van der Waals surface area contributed by atoms with Crippen LogP contribution in [0.5, 0.6) is 0 Å². The predicted octanol–water partition coefficient (Wildman–Crippen LogP) is 4.47. The summed E-state index contributed by atoms with van der Waals surface area (Å²) >= 11 is 3.33. The van der Waals surface area contributed by atoms with Crippen LogP contribution < -0.4 is 0 Å². The summed E-state index contributed by atoms with van der Waals surface area (Å²) in [6.07, 6.45) is 6.65. The van der Waals surface area contributed by atoms with E-state index in [0.717, 1.165) is 29.3 Å². The van der Waals surface area contributed by atoms with Gasteiger partial charge in [0.2, 0.25) is 0 Å². The fourth-order valence-electron chi connectivity index (χ4n) is 0.915. The maximum atomic E-state index is 9.30. The van der Waals surface area contributed by atoms with Crippen LogP contribution in [0.4, 0.5) is 0 Å². The number of halogens is 1. The zero-order chi connectivity index (χ0) is 10.3. The largest absolute Gasteiger partial charge is 0.508 e. The molecule has 0 rings (SSSR count). The summed E-state index contributed by atoms with van der Waals surface area (Å²) in [6, 6.07) is 0. The summed E-state index contributed by atoms with van der Waals surface area (Å²) in [5, 5.41) is 9.30. The molecule has 13 heavy (non-hydrogen) atoms. The van der Waals surface area contributed by atoms with Crippen LogP contribution in [0.2, 0.25) is 0 Å². The summed E-state index contributed by atoms with van der Waals surface area (Å²) in [4.78, 5) is 0. The van der Waals surface area contributed by atoms with Gasteiger partial charge in [0.15, 0.2) is 0 Å². The number of hydrogen-bond donors (Lipinski definition) is 1. The highest BCUT2D eigenvalue weighted by Crippen LogP contribution is 2.21. The quantitative estimate of drug-likeness (QED) is 0.559. The maximum Gasteiger partial charge on any atom is 0.111 e. The second-order valence-electron chi connectivity index (χ2n) is 2.89. The van der Waals surface area contributed by atoms with Gasteiger partial charge in [0.25, 0.3) is 0 Å². The summed E-state index contributed by atoms with van der Waals surface area (Å²) in [5.74, 6) is 0.298. The highest BCUT2D eigenvalue weighted by molar-refractivity contribution is 9.11. The molecule has 0 spiro atoms. The molecule has 0 aromatic rings. The average Bonchev–Trinajstić information content (AvgIpc) is 2.11. The smallest absolute Gasteiger partial charge is 0.111 e. The second-order valence-corrected chi connectivity index (χ2v) is 3.85. The van der Waals surface area contributed by atoms with Crippen molar-refractivity contribution in [3.05, 3.63) is 34.5 Å². The van der Waals surface area contributed by atoms with E-state index >= 15 is 0 Å². The van der Waals surface area contributed by atoms with Crippen LogP contribution in [0.1, 0.15) is 33.1 Å². The van der Waals surface area contributed by atoms with E-state index < -0.39 is 0 Å². The zero-order valence-electron chi connectivity index (χ0n) is 8.31. The van der Waals surface area contributed by atoms with Crippen LogP contribution >= 0.6 is 15.9 Å². The third-order valence-electron chi connectivity index (χ3n) is 1.77. The molecule has 0 aliphatic heterocycles. The summed E-state index contributed by atoms with van der Waals surface area (Å²) < 4.78 is 0.856. The summed E-state index contributed by atoms with van der Waals surface area (Å²) in [5.41, 5.74) is 1.07. The Morgan fingerprint density at radius 1 is 1.54 bits per heavy atom. The zero-order valence-corrected chi connectivity index (χ0v) is 9.89. The molecule has 1 nitrogen and oxygen atoms in total. The van der Waals surface area contributed by atoms with Crippen molar-refractivity contribution < 1.29 is 5.11 Å². The van der Waals surface area contributed by atoms with Crippen LogP contribution in [0.25, 0.3) is 0 Å². The first-order chi connectivity index (χ1) is 6.11. The van der Waals surface area contributed by atoms with Crippen molar-refractivity contribution in [3.63, 3.8) is 0 Å². The fraction of sp³-hybridized carbons (Fsp3) is 0.455. The van der Waals surface area contributed by atoms with Crippen LogP contribution in [-0.2, 0) is 0 Å². The second kappa shape index (κ2) is 6.96. The van der Waals surface area contributed by atoms with Gasteiger partial charge >= 0.3 is 0 Å². The van der Waals surface area contributed by atoms with Crippen molar-refractivity contribution in [3.8, 4) is 0 Å². The van der Waals surface area contributed by atoms with E-state index in [-0.39, 0.29) is 0 Å². The minimum absolute atomic E-state index is 0.298. The molecule has 0 fully saturated rings. The third-order valence-corrected chi connectivity index (χ3v) is 2.28. The number of unbranched alkanes of at least 4 members (excludes halogenated alkanes) is 1. The van der Waals surface area contributed by atoms with Crippen molar-refractivity contribution in [2.45, 2.75) is 33.1 Å². The lowest BCUT2D eigenvalue weighted by molar-refractivity contribution is 0.430. The highest BCUT2D eigenvalue weighted by atomic mass is 79.9. The lowest BCUT2D eigenvalue weighted by Gasteiger charge is -2.04. The fourth-order valence-corrected chi connectivity index (χ4v) is 1.23. The Kier molecular flexibility index (Phi) is 6.69. The number of aliphatic hydroxyl groups excluding tert-OH is 1. The molecule has 0 aliphatic carbocycles. The third kappa shape index (κ3) is 5.69. The molecule has 0 aliphatic rings. The molecule has 74 valence electrons. The molecule has 0 radical (unpaired) electrons. The van der Waals surface area contributed by atoms with Gasteiger partial charge in [-0.05, 0) is 37.5 Å². The van der Waals surface area contributed by atoms with Crippen molar-refractivity contribution in [2.24, 2.45) is 0 Å². The Labute approximate surface area is 89.0 Å². The van der Waals surface area contributed by atoms with Gasteiger partial charge in [0, 0.05) is 4.48 Å². The van der Waals surface area contributed by atoms with E-state index in [9.17, 15) is 5.11 Å². The van der Waals surface area contributed by atoms with E-state index in [1.807, 2.05) is 0 Å². The van der Waals surface area contributed by atoms with Crippen molar-refractivity contribution >= 4 is 15.9 Å². The van der Waals surface area contributed by atoms with Gasteiger partial charge < -0.3 is 5.11 Å². The standard InChI is InChI=1S/C11H17BrO/c1-4-6-7-10(9(3)12)8-11(13)5-2/h5,8,13H,3-4,6-7H2,1-2H3/b10-8-,11-5+. The molecular weight excluding hydrogens is 228 g/mol. The molecule has 0 bridgehead atoms. The first-order valence-electron chi connectivity index (χ1n) is 4.52. The first-order valence-corrected chi connectivity index (χ1v) is 5.31. The molecule has 0 aromatic heterocycles. The normalized spacial score (nSPS) is 13.2. The molecule has 0 saturated heterocycles.